The fourth-order valence-corrected chi connectivity index (χ4v) is 6.63. The number of benzene rings is 7. The van der Waals surface area contributed by atoms with Gasteiger partial charge in [-0.3, -0.25) is 4.98 Å². The van der Waals surface area contributed by atoms with Gasteiger partial charge in [0.15, 0.2) is 5.58 Å². The number of anilines is 3. The topological polar surface area (TPSA) is 29.3 Å². The van der Waals surface area contributed by atoms with Gasteiger partial charge in [-0.1, -0.05) is 109 Å². The molecule has 46 heavy (non-hydrogen) atoms. The molecule has 3 heteroatoms. The van der Waals surface area contributed by atoms with Crippen LogP contribution in [0, 0.1) is 0 Å². The standard InChI is InChI=1S/C43H28N2O/c1-2-9-29(10-3-1)31-18-21-35(22-19-31)45(40-15-7-6-14-37(40)34-17-16-30-11-4-5-12-33(30)27-34)36-23-25-41-39(28-36)38-24-20-32-13-8-26-44-42(32)43(38)46-41/h1-28H. The van der Waals surface area contributed by atoms with E-state index < -0.39 is 0 Å². The van der Waals surface area contributed by atoms with Crippen molar-refractivity contribution in [3.8, 4) is 22.3 Å². The Hall–Kier alpha value is -6.19. The van der Waals surface area contributed by atoms with Crippen molar-refractivity contribution in [2.75, 3.05) is 4.90 Å². The van der Waals surface area contributed by atoms with E-state index >= 15 is 0 Å². The number of fused-ring (bicyclic) bond motifs is 6. The average molecular weight is 589 g/mol. The number of hydrogen-bond donors (Lipinski definition) is 0. The molecule has 0 saturated heterocycles. The molecule has 0 saturated carbocycles. The Morgan fingerprint density at radius 3 is 2.04 bits per heavy atom. The molecule has 0 bridgehead atoms. The van der Waals surface area contributed by atoms with Crippen LogP contribution in [-0.4, -0.2) is 4.98 Å². The van der Waals surface area contributed by atoms with E-state index in [2.05, 4.69) is 168 Å². The molecule has 0 aliphatic carbocycles. The van der Waals surface area contributed by atoms with Crippen LogP contribution >= 0.6 is 0 Å². The third-order valence-corrected chi connectivity index (χ3v) is 8.89. The molecule has 9 aromatic rings. The Labute approximate surface area is 266 Å². The molecule has 0 radical (unpaired) electrons. The van der Waals surface area contributed by atoms with E-state index in [1.807, 2.05) is 12.3 Å². The van der Waals surface area contributed by atoms with Crippen molar-refractivity contribution in [2.45, 2.75) is 0 Å². The molecule has 0 aliphatic heterocycles. The lowest BCUT2D eigenvalue weighted by Gasteiger charge is -2.28. The summed E-state index contributed by atoms with van der Waals surface area (Å²) in [5.41, 5.74) is 10.5. The van der Waals surface area contributed by atoms with Crippen LogP contribution in [0.3, 0.4) is 0 Å². The molecule has 0 unspecified atom stereocenters. The van der Waals surface area contributed by atoms with Crippen LogP contribution in [0.15, 0.2) is 174 Å². The second-order valence-corrected chi connectivity index (χ2v) is 11.6. The van der Waals surface area contributed by atoms with E-state index in [0.29, 0.717) is 0 Å². The summed E-state index contributed by atoms with van der Waals surface area (Å²) in [6, 6.07) is 58.1. The van der Waals surface area contributed by atoms with Crippen molar-refractivity contribution in [3.63, 3.8) is 0 Å². The maximum atomic E-state index is 6.43. The van der Waals surface area contributed by atoms with Crippen LogP contribution in [0.4, 0.5) is 17.1 Å². The monoisotopic (exact) mass is 588 g/mol. The number of aromatic nitrogens is 1. The molecule has 0 amide bonds. The number of hydrogen-bond acceptors (Lipinski definition) is 3. The predicted octanol–water partition coefficient (Wildman–Crippen LogP) is 12.1. The number of nitrogens with zero attached hydrogens (tertiary/aromatic N) is 2. The van der Waals surface area contributed by atoms with E-state index in [1.165, 1.54) is 27.5 Å². The summed E-state index contributed by atoms with van der Waals surface area (Å²) in [4.78, 5) is 7.01. The minimum Gasteiger partial charge on any atom is -0.454 e. The second-order valence-electron chi connectivity index (χ2n) is 11.6. The van der Waals surface area contributed by atoms with Gasteiger partial charge >= 0.3 is 0 Å². The summed E-state index contributed by atoms with van der Waals surface area (Å²) < 4.78 is 6.43. The molecule has 0 N–H and O–H groups in total. The summed E-state index contributed by atoms with van der Waals surface area (Å²) in [5, 5.41) is 5.65. The van der Waals surface area contributed by atoms with Crippen molar-refractivity contribution in [2.24, 2.45) is 0 Å². The van der Waals surface area contributed by atoms with E-state index in [-0.39, 0.29) is 0 Å². The highest BCUT2D eigenvalue weighted by Crippen LogP contribution is 2.44. The highest BCUT2D eigenvalue weighted by molar-refractivity contribution is 6.14. The van der Waals surface area contributed by atoms with E-state index in [0.717, 1.165) is 55.5 Å². The van der Waals surface area contributed by atoms with Crippen molar-refractivity contribution in [1.29, 1.82) is 0 Å². The Kier molecular flexibility index (Phi) is 6.14. The van der Waals surface area contributed by atoms with Gasteiger partial charge < -0.3 is 9.32 Å². The zero-order valence-corrected chi connectivity index (χ0v) is 25.0. The maximum Gasteiger partial charge on any atom is 0.161 e. The Morgan fingerprint density at radius 1 is 0.457 bits per heavy atom. The SMILES string of the molecule is c1ccc(-c2ccc(N(c3ccc4oc5c(ccc6cccnc65)c4c3)c3ccccc3-c3ccc4ccccc4c3)cc2)cc1. The zero-order chi connectivity index (χ0) is 30.5. The van der Waals surface area contributed by atoms with E-state index in [4.69, 9.17) is 4.42 Å². The van der Waals surface area contributed by atoms with Gasteiger partial charge in [0.05, 0.1) is 5.69 Å². The summed E-state index contributed by atoms with van der Waals surface area (Å²) in [5.74, 6) is 0. The molecular weight excluding hydrogens is 560 g/mol. The highest BCUT2D eigenvalue weighted by atomic mass is 16.3. The molecule has 2 heterocycles. The molecule has 9 rings (SSSR count). The Balaban J connectivity index is 1.25. The van der Waals surface area contributed by atoms with Crippen LogP contribution < -0.4 is 4.90 Å². The lowest BCUT2D eigenvalue weighted by molar-refractivity contribution is 0.671. The quantitative estimate of drug-likeness (QED) is 0.200. The van der Waals surface area contributed by atoms with Crippen molar-refractivity contribution in [1.82, 2.24) is 4.98 Å². The fraction of sp³-hybridized carbons (Fsp3) is 0. The molecule has 0 spiro atoms. The lowest BCUT2D eigenvalue weighted by atomic mass is 9.98. The summed E-state index contributed by atoms with van der Waals surface area (Å²) in [7, 11) is 0. The first-order chi connectivity index (χ1) is 22.8. The van der Waals surface area contributed by atoms with E-state index in [9.17, 15) is 0 Å². The first-order valence-electron chi connectivity index (χ1n) is 15.5. The second kappa shape index (κ2) is 10.8. The molecule has 2 aromatic heterocycles. The van der Waals surface area contributed by atoms with Gasteiger partial charge in [0.1, 0.15) is 11.1 Å². The average Bonchev–Trinajstić information content (AvgIpc) is 3.51. The van der Waals surface area contributed by atoms with Gasteiger partial charge in [-0.05, 0) is 82.1 Å². The number of para-hydroxylation sites is 1. The zero-order valence-electron chi connectivity index (χ0n) is 25.0. The van der Waals surface area contributed by atoms with Gasteiger partial charge in [-0.2, -0.15) is 0 Å². The minimum absolute atomic E-state index is 0.820. The van der Waals surface area contributed by atoms with Crippen LogP contribution in [-0.2, 0) is 0 Å². The number of furan rings is 1. The first kappa shape index (κ1) is 26.2. The van der Waals surface area contributed by atoms with Crippen LogP contribution in [0.5, 0.6) is 0 Å². The molecular formula is C43H28N2O. The fourth-order valence-electron chi connectivity index (χ4n) is 6.63. The van der Waals surface area contributed by atoms with Gasteiger partial charge in [0, 0.05) is 39.3 Å². The van der Waals surface area contributed by atoms with Gasteiger partial charge in [0.2, 0.25) is 0 Å². The van der Waals surface area contributed by atoms with Crippen LogP contribution in [0.2, 0.25) is 0 Å². The third kappa shape index (κ3) is 4.41. The molecule has 0 fully saturated rings. The number of rotatable bonds is 5. The third-order valence-electron chi connectivity index (χ3n) is 8.89. The molecule has 7 aromatic carbocycles. The van der Waals surface area contributed by atoms with E-state index in [1.54, 1.807) is 0 Å². The van der Waals surface area contributed by atoms with Gasteiger partial charge in [0.25, 0.3) is 0 Å². The number of pyridine rings is 1. The maximum absolute atomic E-state index is 6.43. The predicted molar refractivity (Wildman–Crippen MR) is 192 cm³/mol. The summed E-state index contributed by atoms with van der Waals surface area (Å²) >= 11 is 0. The first-order valence-corrected chi connectivity index (χ1v) is 15.5. The van der Waals surface area contributed by atoms with Crippen molar-refractivity contribution >= 4 is 60.7 Å². The molecule has 3 nitrogen and oxygen atoms in total. The Bertz CT molecular complexity index is 2530. The van der Waals surface area contributed by atoms with Gasteiger partial charge in [-0.25, -0.2) is 0 Å². The highest BCUT2D eigenvalue weighted by Gasteiger charge is 2.20. The summed E-state index contributed by atoms with van der Waals surface area (Å²) in [6.07, 6.45) is 1.82. The largest absolute Gasteiger partial charge is 0.454 e. The summed E-state index contributed by atoms with van der Waals surface area (Å²) in [6.45, 7) is 0. The van der Waals surface area contributed by atoms with Crippen molar-refractivity contribution in [3.05, 3.63) is 170 Å². The smallest absolute Gasteiger partial charge is 0.161 e. The minimum atomic E-state index is 0.820. The van der Waals surface area contributed by atoms with Crippen LogP contribution in [0.1, 0.15) is 0 Å². The molecule has 0 atom stereocenters. The van der Waals surface area contributed by atoms with Crippen molar-refractivity contribution < 1.29 is 4.42 Å². The Morgan fingerprint density at radius 2 is 1.15 bits per heavy atom. The van der Waals surface area contributed by atoms with Crippen LogP contribution in [0.25, 0.3) is 65.9 Å². The molecule has 216 valence electrons. The van der Waals surface area contributed by atoms with Gasteiger partial charge in [-0.15, -0.1) is 0 Å². The normalized spacial score (nSPS) is 11.5. The molecule has 0 aliphatic rings. The lowest BCUT2D eigenvalue weighted by Crippen LogP contribution is -2.11.